The number of ether oxygens (including phenoxy) is 1. The van der Waals surface area contributed by atoms with Crippen molar-refractivity contribution >= 4 is 39.3 Å². The van der Waals surface area contributed by atoms with E-state index in [-0.39, 0.29) is 23.9 Å². The lowest BCUT2D eigenvalue weighted by Gasteiger charge is -2.34. The van der Waals surface area contributed by atoms with Crippen LogP contribution in [-0.4, -0.2) is 62.6 Å². The highest BCUT2D eigenvalue weighted by molar-refractivity contribution is 7.98. The number of carbonyl (C=O) groups is 1. The zero-order valence-corrected chi connectivity index (χ0v) is 18.7. The maximum atomic E-state index is 12.9. The summed E-state index contributed by atoms with van der Waals surface area (Å²) in [5, 5.41) is 0.400. The van der Waals surface area contributed by atoms with E-state index >= 15 is 0 Å². The molecule has 156 valence electrons. The maximum Gasteiger partial charge on any atom is 0.255 e. The van der Waals surface area contributed by atoms with Gasteiger partial charge in [-0.2, -0.15) is 4.31 Å². The highest BCUT2D eigenvalue weighted by Crippen LogP contribution is 2.26. The number of nitrogens with zero attached hydrogens (tertiary/aromatic N) is 2. The van der Waals surface area contributed by atoms with Gasteiger partial charge in [0, 0.05) is 31.1 Å². The monoisotopic (exact) mass is 454 g/mol. The van der Waals surface area contributed by atoms with E-state index in [2.05, 4.69) is 0 Å². The third-order valence-corrected chi connectivity index (χ3v) is 7.67. The number of thioether (sulfide) groups is 1. The van der Waals surface area contributed by atoms with Crippen LogP contribution in [0.1, 0.15) is 17.3 Å². The number of hydrogen-bond acceptors (Lipinski definition) is 5. The second-order valence-electron chi connectivity index (χ2n) is 6.45. The first-order valence-corrected chi connectivity index (χ1v) is 12.3. The Bertz CT molecular complexity index is 972. The SMILES string of the molecule is CCOc1ccc(S(=O)(=O)N2CCN(C(=O)c3cc(SC)ccc3Cl)CC2)cc1. The van der Waals surface area contributed by atoms with E-state index in [1.54, 1.807) is 41.3 Å². The first-order valence-electron chi connectivity index (χ1n) is 9.22. The molecular formula is C20H23ClN2O4S2. The molecule has 0 bridgehead atoms. The minimum absolute atomic E-state index is 0.177. The molecule has 29 heavy (non-hydrogen) atoms. The lowest BCUT2D eigenvalue weighted by atomic mass is 10.2. The van der Waals surface area contributed by atoms with Gasteiger partial charge in [-0.25, -0.2) is 8.42 Å². The summed E-state index contributed by atoms with van der Waals surface area (Å²) in [4.78, 5) is 15.7. The number of hydrogen-bond donors (Lipinski definition) is 0. The summed E-state index contributed by atoms with van der Waals surface area (Å²) in [7, 11) is -3.62. The zero-order valence-electron chi connectivity index (χ0n) is 16.3. The van der Waals surface area contributed by atoms with Gasteiger partial charge in [-0.15, -0.1) is 11.8 Å². The van der Waals surface area contributed by atoms with E-state index < -0.39 is 10.0 Å². The standard InChI is InChI=1S/C20H23ClN2O4S2/c1-3-27-15-4-7-17(8-5-15)29(25,26)23-12-10-22(11-13-23)20(24)18-14-16(28-2)6-9-19(18)21/h4-9,14H,3,10-13H2,1-2H3. The Morgan fingerprint density at radius 1 is 1.10 bits per heavy atom. The Kier molecular flexibility index (Phi) is 7.10. The number of benzene rings is 2. The highest BCUT2D eigenvalue weighted by Gasteiger charge is 2.31. The highest BCUT2D eigenvalue weighted by atomic mass is 35.5. The summed E-state index contributed by atoms with van der Waals surface area (Å²) in [5.74, 6) is 0.454. The van der Waals surface area contributed by atoms with Crippen LogP contribution in [-0.2, 0) is 10.0 Å². The minimum atomic E-state index is -3.62. The van der Waals surface area contributed by atoms with Gasteiger partial charge in [0.05, 0.1) is 22.1 Å². The number of piperazine rings is 1. The van der Waals surface area contributed by atoms with Gasteiger partial charge in [0.25, 0.3) is 5.91 Å². The van der Waals surface area contributed by atoms with E-state index in [1.807, 2.05) is 19.2 Å². The average molecular weight is 455 g/mol. The molecule has 0 aromatic heterocycles. The van der Waals surface area contributed by atoms with Gasteiger partial charge < -0.3 is 9.64 Å². The van der Waals surface area contributed by atoms with Crippen molar-refractivity contribution in [3.05, 3.63) is 53.1 Å². The molecule has 2 aromatic carbocycles. The van der Waals surface area contributed by atoms with E-state index in [9.17, 15) is 13.2 Å². The molecule has 6 nitrogen and oxygen atoms in total. The van der Waals surface area contributed by atoms with Crippen LogP contribution in [0.4, 0.5) is 0 Å². The molecule has 9 heteroatoms. The van der Waals surface area contributed by atoms with Crippen molar-refractivity contribution in [1.29, 1.82) is 0 Å². The molecule has 3 rings (SSSR count). The molecule has 0 aliphatic carbocycles. The number of rotatable bonds is 6. The zero-order chi connectivity index (χ0) is 21.0. The molecule has 0 atom stereocenters. The fourth-order valence-corrected chi connectivity index (χ4v) is 5.18. The maximum absolute atomic E-state index is 12.9. The first-order chi connectivity index (χ1) is 13.9. The van der Waals surface area contributed by atoms with Crippen LogP contribution in [0.25, 0.3) is 0 Å². The van der Waals surface area contributed by atoms with Crippen molar-refractivity contribution in [2.45, 2.75) is 16.7 Å². The molecule has 1 fully saturated rings. The van der Waals surface area contributed by atoms with Crippen molar-refractivity contribution in [3.8, 4) is 5.75 Å². The van der Waals surface area contributed by atoms with Crippen molar-refractivity contribution in [3.63, 3.8) is 0 Å². The lowest BCUT2D eigenvalue weighted by Crippen LogP contribution is -2.50. The van der Waals surface area contributed by atoms with Gasteiger partial charge in [0.15, 0.2) is 0 Å². The van der Waals surface area contributed by atoms with E-state index in [0.29, 0.717) is 36.0 Å². The molecule has 0 saturated carbocycles. The van der Waals surface area contributed by atoms with Gasteiger partial charge in [-0.3, -0.25) is 4.79 Å². The third-order valence-electron chi connectivity index (χ3n) is 4.70. The molecule has 2 aromatic rings. The van der Waals surface area contributed by atoms with Crippen LogP contribution in [0.3, 0.4) is 0 Å². The lowest BCUT2D eigenvalue weighted by molar-refractivity contribution is 0.0698. The van der Waals surface area contributed by atoms with Crippen molar-refractivity contribution < 1.29 is 17.9 Å². The minimum Gasteiger partial charge on any atom is -0.494 e. The summed E-state index contributed by atoms with van der Waals surface area (Å²) in [6.45, 7) is 3.49. The van der Waals surface area contributed by atoms with Crippen molar-refractivity contribution in [2.75, 3.05) is 39.0 Å². The summed E-state index contributed by atoms with van der Waals surface area (Å²) in [6, 6.07) is 11.8. The molecule has 1 amide bonds. The Morgan fingerprint density at radius 2 is 1.76 bits per heavy atom. The molecule has 1 saturated heterocycles. The number of carbonyl (C=O) groups excluding carboxylic acids is 1. The summed E-state index contributed by atoms with van der Waals surface area (Å²) >= 11 is 7.75. The van der Waals surface area contributed by atoms with Crippen LogP contribution >= 0.6 is 23.4 Å². The van der Waals surface area contributed by atoms with Crippen molar-refractivity contribution in [2.24, 2.45) is 0 Å². The Morgan fingerprint density at radius 3 is 2.34 bits per heavy atom. The predicted octanol–water partition coefficient (Wildman–Crippen LogP) is 3.61. The number of amides is 1. The molecule has 0 N–H and O–H groups in total. The largest absolute Gasteiger partial charge is 0.494 e. The summed E-state index contributed by atoms with van der Waals surface area (Å²) in [5.41, 5.74) is 0.446. The van der Waals surface area contributed by atoms with Gasteiger partial charge in [-0.05, 0) is 55.6 Å². The van der Waals surface area contributed by atoms with Crippen LogP contribution in [0.5, 0.6) is 5.75 Å². The van der Waals surface area contributed by atoms with E-state index in [0.717, 1.165) is 4.90 Å². The third kappa shape index (κ3) is 4.88. The molecular weight excluding hydrogens is 432 g/mol. The first kappa shape index (κ1) is 22.0. The van der Waals surface area contributed by atoms with Crippen LogP contribution in [0.15, 0.2) is 52.3 Å². The van der Waals surface area contributed by atoms with E-state index in [1.165, 1.54) is 16.1 Å². The average Bonchev–Trinajstić information content (AvgIpc) is 2.74. The van der Waals surface area contributed by atoms with Crippen molar-refractivity contribution in [1.82, 2.24) is 9.21 Å². The predicted molar refractivity (Wildman–Crippen MR) is 116 cm³/mol. The number of halogens is 1. The van der Waals surface area contributed by atoms with Gasteiger partial charge in [0.1, 0.15) is 5.75 Å². The smallest absolute Gasteiger partial charge is 0.255 e. The van der Waals surface area contributed by atoms with Gasteiger partial charge in [0.2, 0.25) is 10.0 Å². The summed E-state index contributed by atoms with van der Waals surface area (Å²) in [6.07, 6.45) is 1.93. The topological polar surface area (TPSA) is 66.9 Å². The van der Waals surface area contributed by atoms with E-state index in [4.69, 9.17) is 16.3 Å². The fourth-order valence-electron chi connectivity index (χ4n) is 3.12. The normalized spacial score (nSPS) is 15.3. The molecule has 1 aliphatic rings. The number of sulfonamides is 1. The van der Waals surface area contributed by atoms with Crippen LogP contribution in [0, 0.1) is 0 Å². The van der Waals surface area contributed by atoms with Gasteiger partial charge in [-0.1, -0.05) is 11.6 Å². The second kappa shape index (κ2) is 9.38. The molecule has 0 unspecified atom stereocenters. The van der Waals surface area contributed by atoms with Crippen LogP contribution < -0.4 is 4.74 Å². The fraction of sp³-hybridized carbons (Fsp3) is 0.350. The Hall–Kier alpha value is -1.74. The molecule has 1 heterocycles. The summed E-state index contributed by atoms with van der Waals surface area (Å²) < 4.78 is 32.6. The Balaban J connectivity index is 1.69. The molecule has 0 spiro atoms. The van der Waals surface area contributed by atoms with Crippen LogP contribution in [0.2, 0.25) is 5.02 Å². The second-order valence-corrected chi connectivity index (χ2v) is 9.67. The Labute approximate surface area is 180 Å². The molecule has 0 radical (unpaired) electrons. The van der Waals surface area contributed by atoms with Gasteiger partial charge >= 0.3 is 0 Å². The molecule has 1 aliphatic heterocycles. The quantitative estimate of drug-likeness (QED) is 0.624.